The number of thioether (sulfide) groups is 1. The van der Waals surface area contributed by atoms with Gasteiger partial charge in [-0.1, -0.05) is 23.1 Å². The Kier molecular flexibility index (Phi) is 2.94. The Morgan fingerprint density at radius 1 is 1.57 bits per heavy atom. The molecule has 1 aromatic rings. The first-order chi connectivity index (χ1) is 6.72. The first-order valence-corrected chi connectivity index (χ1v) is 6.38. The van der Waals surface area contributed by atoms with E-state index in [2.05, 4.69) is 15.5 Å². The number of hydrogen-bond donors (Lipinski definition) is 2. The van der Waals surface area contributed by atoms with Gasteiger partial charge in [-0.15, -0.1) is 10.2 Å². The first-order valence-electron chi connectivity index (χ1n) is 4.58. The van der Waals surface area contributed by atoms with Crippen LogP contribution in [0.3, 0.4) is 0 Å². The van der Waals surface area contributed by atoms with Gasteiger partial charge in [-0.3, -0.25) is 0 Å². The summed E-state index contributed by atoms with van der Waals surface area (Å²) in [5.41, 5.74) is -0.434. The van der Waals surface area contributed by atoms with Crippen LogP contribution in [-0.2, 0) is 0 Å². The summed E-state index contributed by atoms with van der Waals surface area (Å²) >= 11 is 3.12. The molecule has 0 unspecified atom stereocenters. The molecule has 1 heterocycles. The topological polar surface area (TPSA) is 58.0 Å². The zero-order valence-corrected chi connectivity index (χ0v) is 9.62. The van der Waals surface area contributed by atoms with Crippen LogP contribution in [-0.4, -0.2) is 33.7 Å². The van der Waals surface area contributed by atoms with Gasteiger partial charge in [0.1, 0.15) is 0 Å². The van der Waals surface area contributed by atoms with E-state index in [9.17, 15) is 5.11 Å². The fourth-order valence-electron chi connectivity index (χ4n) is 1.29. The van der Waals surface area contributed by atoms with Crippen molar-refractivity contribution in [2.24, 2.45) is 0 Å². The van der Waals surface area contributed by atoms with E-state index in [1.807, 2.05) is 7.05 Å². The minimum atomic E-state index is -0.434. The Morgan fingerprint density at radius 2 is 2.36 bits per heavy atom. The van der Waals surface area contributed by atoms with E-state index in [1.54, 1.807) is 11.8 Å². The van der Waals surface area contributed by atoms with Crippen LogP contribution in [0.4, 0.5) is 5.13 Å². The van der Waals surface area contributed by atoms with E-state index in [4.69, 9.17) is 0 Å². The fraction of sp³-hybridized carbons (Fsp3) is 0.750. The number of nitrogens with zero attached hydrogens (tertiary/aromatic N) is 2. The maximum atomic E-state index is 9.86. The highest BCUT2D eigenvalue weighted by atomic mass is 32.2. The minimum absolute atomic E-state index is 0.434. The fourth-order valence-corrected chi connectivity index (χ4v) is 3.15. The molecule has 4 nitrogen and oxygen atoms in total. The lowest BCUT2D eigenvalue weighted by Gasteiger charge is -2.35. The van der Waals surface area contributed by atoms with Gasteiger partial charge >= 0.3 is 0 Å². The van der Waals surface area contributed by atoms with Crippen LogP contribution in [0.25, 0.3) is 0 Å². The van der Waals surface area contributed by atoms with E-state index >= 15 is 0 Å². The lowest BCUT2D eigenvalue weighted by Crippen LogP contribution is -2.39. The van der Waals surface area contributed by atoms with Crippen molar-refractivity contribution in [3.63, 3.8) is 0 Å². The van der Waals surface area contributed by atoms with Crippen LogP contribution in [0.2, 0.25) is 0 Å². The zero-order valence-electron chi connectivity index (χ0n) is 7.99. The molecule has 1 aromatic heterocycles. The average Bonchev–Trinajstić information content (AvgIpc) is 2.59. The largest absolute Gasteiger partial charge is 0.389 e. The molecule has 1 saturated carbocycles. The van der Waals surface area contributed by atoms with Crippen molar-refractivity contribution in [1.82, 2.24) is 10.2 Å². The van der Waals surface area contributed by atoms with Gasteiger partial charge in [0.15, 0.2) is 4.34 Å². The molecular weight excluding hydrogens is 218 g/mol. The van der Waals surface area contributed by atoms with E-state index < -0.39 is 5.60 Å². The van der Waals surface area contributed by atoms with Gasteiger partial charge in [0.2, 0.25) is 5.13 Å². The minimum Gasteiger partial charge on any atom is -0.389 e. The van der Waals surface area contributed by atoms with Crippen molar-refractivity contribution >= 4 is 28.2 Å². The summed E-state index contributed by atoms with van der Waals surface area (Å²) in [7, 11) is 1.83. The molecule has 0 radical (unpaired) electrons. The molecule has 14 heavy (non-hydrogen) atoms. The summed E-state index contributed by atoms with van der Waals surface area (Å²) in [5.74, 6) is 0.741. The van der Waals surface area contributed by atoms with Gasteiger partial charge in [0.05, 0.1) is 5.60 Å². The average molecular weight is 231 g/mol. The third-order valence-corrected chi connectivity index (χ3v) is 4.72. The van der Waals surface area contributed by atoms with Crippen LogP contribution in [0.5, 0.6) is 0 Å². The molecule has 1 aliphatic rings. The number of aromatic nitrogens is 2. The van der Waals surface area contributed by atoms with Crippen molar-refractivity contribution in [2.45, 2.75) is 29.2 Å². The third-order valence-electron chi connectivity index (χ3n) is 2.37. The maximum absolute atomic E-state index is 9.86. The second kappa shape index (κ2) is 4.04. The molecule has 0 saturated heterocycles. The lowest BCUT2D eigenvalue weighted by molar-refractivity contribution is -0.00988. The van der Waals surface area contributed by atoms with Crippen LogP contribution >= 0.6 is 23.1 Å². The predicted molar refractivity (Wildman–Crippen MR) is 59.0 cm³/mol. The Labute approximate surface area is 91.1 Å². The highest BCUT2D eigenvalue weighted by Crippen LogP contribution is 2.37. The maximum Gasteiger partial charge on any atom is 0.206 e. The lowest BCUT2D eigenvalue weighted by atomic mass is 9.82. The van der Waals surface area contributed by atoms with Crippen molar-refractivity contribution in [3.05, 3.63) is 0 Å². The highest BCUT2D eigenvalue weighted by Gasteiger charge is 2.34. The quantitative estimate of drug-likeness (QED) is 0.771. The highest BCUT2D eigenvalue weighted by molar-refractivity contribution is 8.01. The number of nitrogens with one attached hydrogen (secondary N) is 1. The van der Waals surface area contributed by atoms with E-state index in [-0.39, 0.29) is 0 Å². The number of aliphatic hydroxyl groups is 1. The molecular formula is C8H13N3OS2. The molecule has 2 N–H and O–H groups in total. The first kappa shape index (κ1) is 10.2. The van der Waals surface area contributed by atoms with Crippen LogP contribution in [0.1, 0.15) is 19.3 Å². The number of hydrogen-bond acceptors (Lipinski definition) is 6. The van der Waals surface area contributed by atoms with Gasteiger partial charge < -0.3 is 10.4 Å². The van der Waals surface area contributed by atoms with Crippen LogP contribution in [0.15, 0.2) is 4.34 Å². The summed E-state index contributed by atoms with van der Waals surface area (Å²) in [4.78, 5) is 0. The number of rotatable bonds is 4. The van der Waals surface area contributed by atoms with Gasteiger partial charge in [0.25, 0.3) is 0 Å². The Hall–Kier alpha value is -0.330. The molecule has 6 heteroatoms. The van der Waals surface area contributed by atoms with Crippen LogP contribution < -0.4 is 5.32 Å². The molecule has 2 rings (SSSR count). The third kappa shape index (κ3) is 2.18. The second-order valence-electron chi connectivity index (χ2n) is 3.49. The van der Waals surface area contributed by atoms with E-state index in [1.165, 1.54) is 11.3 Å². The van der Waals surface area contributed by atoms with E-state index in [0.29, 0.717) is 0 Å². The summed E-state index contributed by atoms with van der Waals surface area (Å²) < 4.78 is 0.926. The van der Waals surface area contributed by atoms with Crippen LogP contribution in [0, 0.1) is 0 Å². The normalized spacial score (nSPS) is 19.0. The smallest absolute Gasteiger partial charge is 0.206 e. The Balaban J connectivity index is 1.85. The Morgan fingerprint density at radius 3 is 2.86 bits per heavy atom. The predicted octanol–water partition coefficient (Wildman–Crippen LogP) is 1.59. The van der Waals surface area contributed by atoms with Crippen molar-refractivity contribution < 1.29 is 5.11 Å². The van der Waals surface area contributed by atoms with Crippen molar-refractivity contribution in [2.75, 3.05) is 18.1 Å². The summed E-state index contributed by atoms with van der Waals surface area (Å²) in [6.07, 6.45) is 3.00. The summed E-state index contributed by atoms with van der Waals surface area (Å²) in [6, 6.07) is 0. The van der Waals surface area contributed by atoms with Gasteiger partial charge in [0, 0.05) is 12.8 Å². The molecule has 0 spiro atoms. The van der Waals surface area contributed by atoms with Crippen molar-refractivity contribution in [3.8, 4) is 0 Å². The molecule has 0 bridgehead atoms. The van der Waals surface area contributed by atoms with E-state index in [0.717, 1.165) is 34.5 Å². The SMILES string of the molecule is CNc1nnc(SCC2(O)CCC2)s1. The second-order valence-corrected chi connectivity index (χ2v) is 5.69. The summed E-state index contributed by atoms with van der Waals surface area (Å²) in [6.45, 7) is 0. The molecule has 78 valence electrons. The summed E-state index contributed by atoms with van der Waals surface area (Å²) in [5, 5.41) is 21.6. The van der Waals surface area contributed by atoms with Gasteiger partial charge in [-0.2, -0.15) is 0 Å². The van der Waals surface area contributed by atoms with Crippen molar-refractivity contribution in [1.29, 1.82) is 0 Å². The molecule has 0 atom stereocenters. The monoisotopic (exact) mass is 231 g/mol. The number of anilines is 1. The molecule has 1 aliphatic carbocycles. The molecule has 0 amide bonds. The molecule has 0 aromatic carbocycles. The standard InChI is InChI=1S/C8H13N3OS2/c1-9-6-10-11-7(14-6)13-5-8(12)3-2-4-8/h12H,2-5H2,1H3,(H,9,10). The van der Waals surface area contributed by atoms with Gasteiger partial charge in [-0.05, 0) is 19.3 Å². The zero-order chi connectivity index (χ0) is 10.0. The molecule has 1 fully saturated rings. The molecule has 0 aliphatic heterocycles. The van der Waals surface area contributed by atoms with Gasteiger partial charge in [-0.25, -0.2) is 0 Å². The Bertz CT molecular complexity index is 311.